The minimum Gasteiger partial charge on any atom is -0.495 e. The van der Waals surface area contributed by atoms with E-state index in [4.69, 9.17) is 16.3 Å². The molecule has 0 spiro atoms. The van der Waals surface area contributed by atoms with Crippen LogP contribution in [0.5, 0.6) is 5.75 Å². The van der Waals surface area contributed by atoms with Gasteiger partial charge in [0.25, 0.3) is 0 Å². The average molecular weight is 504 g/mol. The number of ether oxygens (including phenoxy) is 1. The Hall–Kier alpha value is -2.18. The summed E-state index contributed by atoms with van der Waals surface area (Å²) in [6, 6.07) is 10.2. The Labute approximate surface area is 194 Å². The summed E-state index contributed by atoms with van der Waals surface area (Å²) in [6.45, 7) is 1.44. The van der Waals surface area contributed by atoms with Crippen molar-refractivity contribution in [2.75, 3.05) is 34.3 Å². The number of rotatable bonds is 10. The third kappa shape index (κ3) is 5.99. The summed E-state index contributed by atoms with van der Waals surface area (Å²) in [7, 11) is -3.18. The number of nitrogens with zero attached hydrogens (tertiary/aromatic N) is 2. The van der Waals surface area contributed by atoms with E-state index in [1.807, 2.05) is 0 Å². The standard InChI is InChI=1S/C20H26ClN3O6S2/c1-5-24(32(28,29)17-10-11-19(30-4)18(21)12-17)14-20(25)22-13-15-6-8-16(9-7-15)31(26,27)23(2)3/h6-12H,5,13-14H2,1-4H3,(H,22,25). The topological polar surface area (TPSA) is 113 Å². The van der Waals surface area contributed by atoms with Crippen molar-refractivity contribution in [3.8, 4) is 5.75 Å². The van der Waals surface area contributed by atoms with Crippen molar-refractivity contribution in [1.82, 2.24) is 13.9 Å². The Morgan fingerprint density at radius 2 is 1.59 bits per heavy atom. The summed E-state index contributed by atoms with van der Waals surface area (Å²) in [5.74, 6) is -0.157. The van der Waals surface area contributed by atoms with Gasteiger partial charge in [0.05, 0.1) is 28.5 Å². The molecular formula is C20H26ClN3O6S2. The number of methoxy groups -OCH3 is 1. The second-order valence-electron chi connectivity index (χ2n) is 6.94. The fraction of sp³-hybridized carbons (Fsp3) is 0.350. The van der Waals surface area contributed by atoms with Gasteiger partial charge in [-0.3, -0.25) is 4.79 Å². The molecule has 1 N–H and O–H groups in total. The number of hydrogen-bond acceptors (Lipinski definition) is 6. The molecule has 0 radical (unpaired) electrons. The minimum atomic E-state index is -3.95. The lowest BCUT2D eigenvalue weighted by Gasteiger charge is -2.20. The number of benzene rings is 2. The predicted octanol–water partition coefficient (Wildman–Crippen LogP) is 1.93. The van der Waals surface area contributed by atoms with Crippen LogP contribution in [-0.2, 0) is 31.4 Å². The summed E-state index contributed by atoms with van der Waals surface area (Å²) < 4.78 is 57.2. The SMILES string of the molecule is CCN(CC(=O)NCc1ccc(S(=O)(=O)N(C)C)cc1)S(=O)(=O)c1ccc(OC)c(Cl)c1. The molecular weight excluding hydrogens is 478 g/mol. The molecule has 0 unspecified atom stereocenters. The normalized spacial score (nSPS) is 12.2. The van der Waals surface area contributed by atoms with Gasteiger partial charge in [0.15, 0.2) is 0 Å². The van der Waals surface area contributed by atoms with Crippen LogP contribution in [0.2, 0.25) is 5.02 Å². The third-order valence-electron chi connectivity index (χ3n) is 4.63. The van der Waals surface area contributed by atoms with Gasteiger partial charge in [0, 0.05) is 27.2 Å². The summed E-state index contributed by atoms with van der Waals surface area (Å²) >= 11 is 6.04. The molecule has 0 aliphatic rings. The predicted molar refractivity (Wildman–Crippen MR) is 122 cm³/mol. The monoisotopic (exact) mass is 503 g/mol. The van der Waals surface area contributed by atoms with Crippen LogP contribution in [0.1, 0.15) is 12.5 Å². The molecule has 2 rings (SSSR count). The maximum atomic E-state index is 12.9. The molecule has 176 valence electrons. The van der Waals surface area contributed by atoms with Crippen LogP contribution in [0.3, 0.4) is 0 Å². The highest BCUT2D eigenvalue weighted by Gasteiger charge is 2.26. The van der Waals surface area contributed by atoms with Crippen LogP contribution in [0, 0.1) is 0 Å². The van der Waals surface area contributed by atoms with Crippen LogP contribution in [0.25, 0.3) is 0 Å². The fourth-order valence-electron chi connectivity index (χ4n) is 2.73. The molecule has 2 aromatic rings. The Morgan fingerprint density at radius 3 is 2.09 bits per heavy atom. The molecule has 2 aromatic carbocycles. The van der Waals surface area contributed by atoms with E-state index in [9.17, 15) is 21.6 Å². The lowest BCUT2D eigenvalue weighted by atomic mass is 10.2. The van der Waals surface area contributed by atoms with E-state index >= 15 is 0 Å². The van der Waals surface area contributed by atoms with Crippen molar-refractivity contribution in [2.24, 2.45) is 0 Å². The number of sulfonamides is 2. The zero-order valence-corrected chi connectivity index (χ0v) is 20.6. The van der Waals surface area contributed by atoms with E-state index in [-0.39, 0.29) is 34.4 Å². The van der Waals surface area contributed by atoms with Gasteiger partial charge in [0.2, 0.25) is 26.0 Å². The van der Waals surface area contributed by atoms with E-state index in [0.717, 1.165) is 8.61 Å². The van der Waals surface area contributed by atoms with Crippen LogP contribution in [-0.4, -0.2) is 65.6 Å². The van der Waals surface area contributed by atoms with Gasteiger partial charge in [-0.25, -0.2) is 21.1 Å². The first-order valence-corrected chi connectivity index (χ1v) is 12.8. The van der Waals surface area contributed by atoms with Gasteiger partial charge in [-0.15, -0.1) is 0 Å². The maximum absolute atomic E-state index is 12.9. The number of likely N-dealkylation sites (N-methyl/N-ethyl adjacent to an activating group) is 1. The molecule has 0 heterocycles. The van der Waals surface area contributed by atoms with Crippen molar-refractivity contribution in [1.29, 1.82) is 0 Å². The number of hydrogen-bond donors (Lipinski definition) is 1. The van der Waals surface area contributed by atoms with E-state index in [1.54, 1.807) is 19.1 Å². The Bertz CT molecular complexity index is 1170. The molecule has 32 heavy (non-hydrogen) atoms. The third-order valence-corrected chi connectivity index (χ3v) is 8.67. The largest absolute Gasteiger partial charge is 0.495 e. The van der Waals surface area contributed by atoms with Gasteiger partial charge < -0.3 is 10.1 Å². The summed E-state index contributed by atoms with van der Waals surface area (Å²) in [4.78, 5) is 12.5. The molecule has 1 amide bonds. The van der Waals surface area contributed by atoms with Crippen LogP contribution < -0.4 is 10.1 Å². The first-order chi connectivity index (χ1) is 14.9. The van der Waals surface area contributed by atoms with Gasteiger partial charge in [0.1, 0.15) is 5.75 Å². The van der Waals surface area contributed by atoms with Crippen molar-refractivity contribution >= 4 is 37.6 Å². The Morgan fingerprint density at radius 1 is 1.00 bits per heavy atom. The molecule has 0 aliphatic heterocycles. The quantitative estimate of drug-likeness (QED) is 0.530. The highest BCUT2D eigenvalue weighted by Crippen LogP contribution is 2.28. The van der Waals surface area contributed by atoms with Crippen molar-refractivity contribution < 1.29 is 26.4 Å². The molecule has 0 aromatic heterocycles. The van der Waals surface area contributed by atoms with Crippen LogP contribution in [0.4, 0.5) is 0 Å². The molecule has 0 fully saturated rings. The smallest absolute Gasteiger partial charge is 0.243 e. The second kappa shape index (κ2) is 10.6. The Kier molecular flexibility index (Phi) is 8.66. The molecule has 0 saturated heterocycles. The number of amides is 1. The lowest BCUT2D eigenvalue weighted by Crippen LogP contribution is -2.40. The van der Waals surface area contributed by atoms with Gasteiger partial charge in [-0.05, 0) is 35.9 Å². The molecule has 12 heteroatoms. The summed E-state index contributed by atoms with van der Waals surface area (Å²) in [5.41, 5.74) is 0.670. The van der Waals surface area contributed by atoms with E-state index in [1.165, 1.54) is 51.5 Å². The number of halogens is 1. The molecule has 0 atom stereocenters. The zero-order valence-electron chi connectivity index (χ0n) is 18.2. The van der Waals surface area contributed by atoms with Crippen molar-refractivity contribution in [2.45, 2.75) is 23.3 Å². The molecule has 0 aliphatic carbocycles. The van der Waals surface area contributed by atoms with E-state index < -0.39 is 26.0 Å². The summed E-state index contributed by atoms with van der Waals surface area (Å²) in [5, 5.41) is 2.79. The first-order valence-electron chi connectivity index (χ1n) is 9.55. The first kappa shape index (κ1) is 26.1. The summed E-state index contributed by atoms with van der Waals surface area (Å²) in [6.07, 6.45) is 0. The lowest BCUT2D eigenvalue weighted by molar-refractivity contribution is -0.121. The molecule has 9 nitrogen and oxygen atoms in total. The maximum Gasteiger partial charge on any atom is 0.243 e. The number of nitrogens with one attached hydrogen (secondary N) is 1. The minimum absolute atomic E-state index is 0.0457. The van der Waals surface area contributed by atoms with Crippen LogP contribution in [0.15, 0.2) is 52.3 Å². The van der Waals surface area contributed by atoms with E-state index in [0.29, 0.717) is 11.3 Å². The van der Waals surface area contributed by atoms with Crippen molar-refractivity contribution in [3.05, 3.63) is 53.1 Å². The fourth-order valence-corrected chi connectivity index (χ4v) is 5.39. The Balaban J connectivity index is 2.05. The van der Waals surface area contributed by atoms with Crippen molar-refractivity contribution in [3.63, 3.8) is 0 Å². The number of carbonyl (C=O) groups excluding carboxylic acids is 1. The number of carbonyl (C=O) groups is 1. The van der Waals surface area contributed by atoms with Gasteiger partial charge in [-0.1, -0.05) is 30.7 Å². The molecule has 0 bridgehead atoms. The highest BCUT2D eigenvalue weighted by molar-refractivity contribution is 7.89. The van der Waals surface area contributed by atoms with Crippen LogP contribution >= 0.6 is 11.6 Å². The molecule has 0 saturated carbocycles. The van der Waals surface area contributed by atoms with E-state index in [2.05, 4.69) is 5.32 Å². The van der Waals surface area contributed by atoms with Gasteiger partial charge in [-0.2, -0.15) is 4.31 Å². The average Bonchev–Trinajstić information content (AvgIpc) is 2.75. The zero-order chi connectivity index (χ0) is 24.1. The second-order valence-corrected chi connectivity index (χ2v) is 11.4. The van der Waals surface area contributed by atoms with Gasteiger partial charge >= 0.3 is 0 Å². The highest BCUT2D eigenvalue weighted by atomic mass is 35.5.